The van der Waals surface area contributed by atoms with Gasteiger partial charge in [-0.25, -0.2) is 0 Å². The smallest absolute Gasteiger partial charge is 0.0117 e. The minimum Gasteiger partial charge on any atom is -0.0802 e. The molecule has 0 N–H and O–H groups in total. The van der Waals surface area contributed by atoms with E-state index in [4.69, 9.17) is 0 Å². The summed E-state index contributed by atoms with van der Waals surface area (Å²) in [5.74, 6) is 0. The molecule has 0 nitrogen and oxygen atoms in total. The molecule has 4 rings (SSSR count). The van der Waals surface area contributed by atoms with E-state index in [1.54, 1.807) is 0 Å². The summed E-state index contributed by atoms with van der Waals surface area (Å²) >= 11 is 0. The maximum Gasteiger partial charge on any atom is 0.0117 e. The van der Waals surface area contributed by atoms with E-state index in [9.17, 15) is 0 Å². The van der Waals surface area contributed by atoms with Crippen molar-refractivity contribution in [3.05, 3.63) is 106 Å². The van der Waals surface area contributed by atoms with Crippen molar-refractivity contribution in [3.8, 4) is 22.3 Å². The highest BCUT2D eigenvalue weighted by Gasteiger charge is 2.30. The van der Waals surface area contributed by atoms with Gasteiger partial charge < -0.3 is 0 Å². The van der Waals surface area contributed by atoms with Gasteiger partial charge in [0.05, 0.1) is 0 Å². The van der Waals surface area contributed by atoms with Crippen LogP contribution in [0.3, 0.4) is 0 Å². The van der Waals surface area contributed by atoms with Gasteiger partial charge in [0.1, 0.15) is 0 Å². The van der Waals surface area contributed by atoms with Crippen LogP contribution in [0, 0.1) is 20.8 Å². The third-order valence-electron chi connectivity index (χ3n) is 6.84. The molecule has 0 aliphatic heterocycles. The first-order valence-corrected chi connectivity index (χ1v) is 10.9. The van der Waals surface area contributed by atoms with E-state index in [2.05, 4.69) is 114 Å². The molecule has 0 spiro atoms. The number of hydrogen-bond acceptors (Lipinski definition) is 0. The summed E-state index contributed by atoms with van der Waals surface area (Å²) in [4.78, 5) is 0. The second-order valence-electron chi connectivity index (χ2n) is 9.27. The SMILES string of the molecule is CC1=C(C(C)(C)c2cccc(-c3cc(-c4ccc(C)cc4)ccc3C)c2C)CC=C1. The lowest BCUT2D eigenvalue weighted by molar-refractivity contribution is 0.605. The van der Waals surface area contributed by atoms with Crippen molar-refractivity contribution in [2.75, 3.05) is 0 Å². The second-order valence-corrected chi connectivity index (χ2v) is 9.27. The fraction of sp³-hybridized carbons (Fsp3) is 0.267. The average molecular weight is 393 g/mol. The zero-order valence-corrected chi connectivity index (χ0v) is 19.1. The van der Waals surface area contributed by atoms with E-state index < -0.39 is 0 Å². The van der Waals surface area contributed by atoms with Crippen LogP contribution in [0.25, 0.3) is 22.3 Å². The van der Waals surface area contributed by atoms with Crippen LogP contribution in [0.4, 0.5) is 0 Å². The molecule has 3 aromatic rings. The normalized spacial score (nSPS) is 13.9. The Labute approximate surface area is 182 Å². The number of aryl methyl sites for hydroxylation is 2. The third kappa shape index (κ3) is 3.56. The lowest BCUT2D eigenvalue weighted by Crippen LogP contribution is -2.22. The minimum atomic E-state index is 0.0240. The van der Waals surface area contributed by atoms with Gasteiger partial charge in [0, 0.05) is 5.41 Å². The highest BCUT2D eigenvalue weighted by Crippen LogP contribution is 2.42. The molecular formula is C30H32. The molecule has 0 saturated carbocycles. The van der Waals surface area contributed by atoms with Crippen molar-refractivity contribution in [2.45, 2.75) is 53.4 Å². The van der Waals surface area contributed by atoms with Crippen LogP contribution in [0.2, 0.25) is 0 Å². The molecule has 152 valence electrons. The molecule has 0 heteroatoms. The summed E-state index contributed by atoms with van der Waals surface area (Å²) in [6, 6.07) is 22.5. The van der Waals surface area contributed by atoms with E-state index in [1.807, 2.05) is 0 Å². The Morgan fingerprint density at radius 1 is 0.733 bits per heavy atom. The van der Waals surface area contributed by atoms with E-state index in [0.717, 1.165) is 6.42 Å². The first-order valence-electron chi connectivity index (χ1n) is 10.9. The number of hydrogen-bond donors (Lipinski definition) is 0. The van der Waals surface area contributed by atoms with Crippen LogP contribution in [0.5, 0.6) is 0 Å². The lowest BCUT2D eigenvalue weighted by atomic mass is 9.73. The monoisotopic (exact) mass is 392 g/mol. The second kappa shape index (κ2) is 7.76. The first kappa shape index (κ1) is 20.4. The maximum absolute atomic E-state index is 2.38. The van der Waals surface area contributed by atoms with Crippen LogP contribution in [-0.4, -0.2) is 0 Å². The summed E-state index contributed by atoms with van der Waals surface area (Å²) in [5, 5.41) is 0. The predicted octanol–water partition coefficient (Wildman–Crippen LogP) is 8.50. The summed E-state index contributed by atoms with van der Waals surface area (Å²) in [7, 11) is 0. The van der Waals surface area contributed by atoms with Crippen molar-refractivity contribution in [1.82, 2.24) is 0 Å². The van der Waals surface area contributed by atoms with Gasteiger partial charge in [-0.15, -0.1) is 0 Å². The van der Waals surface area contributed by atoms with Crippen molar-refractivity contribution < 1.29 is 0 Å². The fourth-order valence-corrected chi connectivity index (χ4v) is 4.97. The van der Waals surface area contributed by atoms with Gasteiger partial charge >= 0.3 is 0 Å². The van der Waals surface area contributed by atoms with Gasteiger partial charge in [0.15, 0.2) is 0 Å². The van der Waals surface area contributed by atoms with Crippen LogP contribution >= 0.6 is 0 Å². The molecular weight excluding hydrogens is 360 g/mol. The zero-order chi connectivity index (χ0) is 21.5. The average Bonchev–Trinajstić information content (AvgIpc) is 3.16. The van der Waals surface area contributed by atoms with Crippen molar-refractivity contribution in [1.29, 1.82) is 0 Å². The molecule has 0 amide bonds. The summed E-state index contributed by atoms with van der Waals surface area (Å²) in [6.45, 7) is 13.6. The standard InChI is InChI=1S/C30H32/c1-20-13-16-24(17-14-20)25-18-15-21(2)27(19-25)26-10-8-12-29(23(26)4)30(5,6)28-11-7-9-22(28)3/h7-10,12-19H,11H2,1-6H3. The van der Waals surface area contributed by atoms with Gasteiger partial charge in [0.2, 0.25) is 0 Å². The van der Waals surface area contributed by atoms with Crippen molar-refractivity contribution >= 4 is 0 Å². The number of allylic oxidation sites excluding steroid dienone is 4. The quantitative estimate of drug-likeness (QED) is 0.417. The van der Waals surface area contributed by atoms with Gasteiger partial charge in [0.25, 0.3) is 0 Å². The Hall–Kier alpha value is -2.86. The fourth-order valence-electron chi connectivity index (χ4n) is 4.97. The molecule has 0 aromatic heterocycles. The summed E-state index contributed by atoms with van der Waals surface area (Å²) in [5.41, 5.74) is 13.6. The first-order chi connectivity index (χ1) is 14.3. The largest absolute Gasteiger partial charge is 0.0802 e. The zero-order valence-electron chi connectivity index (χ0n) is 19.1. The highest BCUT2D eigenvalue weighted by atomic mass is 14.3. The molecule has 0 atom stereocenters. The molecule has 1 aliphatic rings. The van der Waals surface area contributed by atoms with E-state index in [1.165, 1.54) is 55.7 Å². The molecule has 0 radical (unpaired) electrons. The van der Waals surface area contributed by atoms with Crippen LogP contribution < -0.4 is 0 Å². The summed E-state index contributed by atoms with van der Waals surface area (Å²) in [6.07, 6.45) is 5.62. The van der Waals surface area contributed by atoms with Crippen LogP contribution in [0.15, 0.2) is 84.0 Å². The molecule has 0 heterocycles. The third-order valence-corrected chi connectivity index (χ3v) is 6.84. The molecule has 1 aliphatic carbocycles. The topological polar surface area (TPSA) is 0 Å². The Kier molecular flexibility index (Phi) is 5.28. The van der Waals surface area contributed by atoms with Crippen molar-refractivity contribution in [2.24, 2.45) is 0 Å². The minimum absolute atomic E-state index is 0.0240. The Morgan fingerprint density at radius 3 is 2.10 bits per heavy atom. The van der Waals surface area contributed by atoms with E-state index in [0.29, 0.717) is 0 Å². The van der Waals surface area contributed by atoms with E-state index >= 15 is 0 Å². The van der Waals surface area contributed by atoms with Crippen LogP contribution in [0.1, 0.15) is 49.4 Å². The van der Waals surface area contributed by atoms with Gasteiger partial charge in [-0.2, -0.15) is 0 Å². The molecule has 30 heavy (non-hydrogen) atoms. The van der Waals surface area contributed by atoms with E-state index in [-0.39, 0.29) is 5.41 Å². The predicted molar refractivity (Wildman–Crippen MR) is 131 cm³/mol. The summed E-state index contributed by atoms with van der Waals surface area (Å²) < 4.78 is 0. The van der Waals surface area contributed by atoms with Gasteiger partial charge in [-0.1, -0.05) is 97.3 Å². The molecule has 0 bridgehead atoms. The Balaban J connectivity index is 1.82. The van der Waals surface area contributed by atoms with Gasteiger partial charge in [-0.3, -0.25) is 0 Å². The molecule has 0 saturated heterocycles. The molecule has 3 aromatic carbocycles. The Morgan fingerprint density at radius 2 is 1.43 bits per heavy atom. The van der Waals surface area contributed by atoms with Gasteiger partial charge in [-0.05, 0) is 79.1 Å². The molecule has 0 unspecified atom stereocenters. The Bertz CT molecular complexity index is 1150. The highest BCUT2D eigenvalue weighted by molar-refractivity contribution is 5.78. The molecule has 0 fully saturated rings. The van der Waals surface area contributed by atoms with Crippen LogP contribution in [-0.2, 0) is 5.41 Å². The number of benzene rings is 3. The van der Waals surface area contributed by atoms with Crippen molar-refractivity contribution in [3.63, 3.8) is 0 Å². The maximum atomic E-state index is 2.38. The number of rotatable bonds is 4. The lowest BCUT2D eigenvalue weighted by Gasteiger charge is -2.31.